The first-order valence-corrected chi connectivity index (χ1v) is 6.01. The Morgan fingerprint density at radius 1 is 1.08 bits per heavy atom. The first kappa shape index (κ1) is 9.51. The number of hydrogen-bond donors (Lipinski definition) is 0. The first-order valence-electron chi connectivity index (χ1n) is 6.01. The summed E-state index contributed by atoms with van der Waals surface area (Å²) in [5.74, 6) is 1.97. The van der Waals surface area contributed by atoms with Crippen molar-refractivity contribution in [2.24, 2.45) is 11.8 Å². The zero-order valence-corrected chi connectivity index (χ0v) is 9.13. The summed E-state index contributed by atoms with van der Waals surface area (Å²) in [7, 11) is 0. The smallest absolute Gasteiger partial charge is 0.00926 e. The third-order valence-corrected chi connectivity index (χ3v) is 4.22. The van der Waals surface area contributed by atoms with Crippen molar-refractivity contribution >= 4 is 0 Å². The summed E-state index contributed by atoms with van der Waals surface area (Å²) in [6.45, 7) is 7.59. The van der Waals surface area contributed by atoms with Gasteiger partial charge in [-0.1, -0.05) is 13.3 Å². The van der Waals surface area contributed by atoms with E-state index in [9.17, 15) is 0 Å². The molecule has 2 unspecified atom stereocenters. The standard InChI is InChI=1S/C12H23N/c1-10-5-4-8-13(11(10)2)9-12-6-3-7-12/h10-12H,3-9H2,1-2H3. The van der Waals surface area contributed by atoms with Gasteiger partial charge in [0.25, 0.3) is 0 Å². The van der Waals surface area contributed by atoms with E-state index in [0.29, 0.717) is 0 Å². The van der Waals surface area contributed by atoms with E-state index in [1.165, 1.54) is 45.2 Å². The average molecular weight is 181 g/mol. The van der Waals surface area contributed by atoms with Crippen LogP contribution in [0, 0.1) is 11.8 Å². The molecule has 0 N–H and O–H groups in total. The fourth-order valence-corrected chi connectivity index (χ4v) is 2.69. The van der Waals surface area contributed by atoms with E-state index in [-0.39, 0.29) is 0 Å². The van der Waals surface area contributed by atoms with E-state index >= 15 is 0 Å². The van der Waals surface area contributed by atoms with Crippen molar-refractivity contribution in [1.29, 1.82) is 0 Å². The molecule has 0 radical (unpaired) electrons. The van der Waals surface area contributed by atoms with Crippen molar-refractivity contribution in [3.8, 4) is 0 Å². The fraction of sp³-hybridized carbons (Fsp3) is 1.00. The number of likely N-dealkylation sites (tertiary alicyclic amines) is 1. The number of piperidine rings is 1. The summed E-state index contributed by atoms with van der Waals surface area (Å²) >= 11 is 0. The van der Waals surface area contributed by atoms with Crippen molar-refractivity contribution in [3.05, 3.63) is 0 Å². The molecular weight excluding hydrogens is 158 g/mol. The highest BCUT2D eigenvalue weighted by atomic mass is 15.2. The van der Waals surface area contributed by atoms with Gasteiger partial charge >= 0.3 is 0 Å². The minimum Gasteiger partial charge on any atom is -0.300 e. The second-order valence-electron chi connectivity index (χ2n) is 5.15. The topological polar surface area (TPSA) is 3.24 Å². The van der Waals surface area contributed by atoms with E-state index in [2.05, 4.69) is 18.7 Å². The summed E-state index contributed by atoms with van der Waals surface area (Å²) in [4.78, 5) is 2.73. The third kappa shape index (κ3) is 2.07. The van der Waals surface area contributed by atoms with E-state index in [1.807, 2.05) is 0 Å². The van der Waals surface area contributed by atoms with Crippen LogP contribution in [0.15, 0.2) is 0 Å². The monoisotopic (exact) mass is 181 g/mol. The molecule has 0 amide bonds. The Balaban J connectivity index is 1.82. The van der Waals surface area contributed by atoms with Crippen LogP contribution in [0.25, 0.3) is 0 Å². The molecule has 2 rings (SSSR count). The van der Waals surface area contributed by atoms with Gasteiger partial charge < -0.3 is 4.90 Å². The van der Waals surface area contributed by atoms with Crippen LogP contribution in [0.2, 0.25) is 0 Å². The predicted octanol–water partition coefficient (Wildman–Crippen LogP) is 2.91. The molecule has 2 aliphatic rings. The molecule has 0 aromatic heterocycles. The number of hydrogen-bond acceptors (Lipinski definition) is 1. The van der Waals surface area contributed by atoms with Crippen LogP contribution >= 0.6 is 0 Å². The molecule has 76 valence electrons. The van der Waals surface area contributed by atoms with Gasteiger partial charge in [0.05, 0.1) is 0 Å². The maximum atomic E-state index is 2.73. The Hall–Kier alpha value is -0.0400. The second kappa shape index (κ2) is 4.00. The van der Waals surface area contributed by atoms with Gasteiger partial charge in [0.15, 0.2) is 0 Å². The van der Waals surface area contributed by atoms with Crippen molar-refractivity contribution in [2.75, 3.05) is 13.1 Å². The van der Waals surface area contributed by atoms with Crippen LogP contribution in [-0.4, -0.2) is 24.0 Å². The predicted molar refractivity (Wildman–Crippen MR) is 56.8 cm³/mol. The Morgan fingerprint density at radius 3 is 2.46 bits per heavy atom. The summed E-state index contributed by atoms with van der Waals surface area (Å²) in [5, 5.41) is 0. The summed E-state index contributed by atoms with van der Waals surface area (Å²) in [6.07, 6.45) is 7.36. The molecule has 0 spiro atoms. The Bertz CT molecular complexity index is 163. The second-order valence-corrected chi connectivity index (χ2v) is 5.15. The molecule has 13 heavy (non-hydrogen) atoms. The van der Waals surface area contributed by atoms with Crippen LogP contribution in [0.1, 0.15) is 46.0 Å². The zero-order chi connectivity index (χ0) is 9.26. The molecular formula is C12H23N. The highest BCUT2D eigenvalue weighted by Crippen LogP contribution is 2.30. The molecule has 0 aromatic rings. The Labute approximate surface area is 82.5 Å². The molecule has 1 nitrogen and oxygen atoms in total. The Kier molecular flexibility index (Phi) is 2.92. The highest BCUT2D eigenvalue weighted by molar-refractivity contribution is 4.82. The van der Waals surface area contributed by atoms with E-state index in [0.717, 1.165) is 17.9 Å². The minimum absolute atomic E-state index is 0.842. The molecule has 1 saturated heterocycles. The van der Waals surface area contributed by atoms with Crippen LogP contribution < -0.4 is 0 Å². The van der Waals surface area contributed by atoms with Crippen molar-refractivity contribution < 1.29 is 0 Å². The summed E-state index contributed by atoms with van der Waals surface area (Å²) in [5.41, 5.74) is 0. The fourth-order valence-electron chi connectivity index (χ4n) is 2.69. The molecule has 2 fully saturated rings. The van der Waals surface area contributed by atoms with Crippen LogP contribution in [-0.2, 0) is 0 Å². The lowest BCUT2D eigenvalue weighted by Crippen LogP contribution is -2.45. The molecule has 1 heterocycles. The SMILES string of the molecule is CC1CCCN(CC2CCC2)C1C. The third-order valence-electron chi connectivity index (χ3n) is 4.22. The van der Waals surface area contributed by atoms with Gasteiger partial charge in [-0.15, -0.1) is 0 Å². The normalized spacial score (nSPS) is 37.4. The van der Waals surface area contributed by atoms with Gasteiger partial charge in [-0.25, -0.2) is 0 Å². The molecule has 1 saturated carbocycles. The summed E-state index contributed by atoms with van der Waals surface area (Å²) in [6, 6.07) is 0.842. The molecule has 1 aliphatic heterocycles. The molecule has 1 heteroatoms. The van der Waals surface area contributed by atoms with Gasteiger partial charge in [0.2, 0.25) is 0 Å². The molecule has 0 aromatic carbocycles. The number of nitrogens with zero attached hydrogens (tertiary/aromatic N) is 1. The van der Waals surface area contributed by atoms with E-state index in [1.54, 1.807) is 0 Å². The lowest BCUT2D eigenvalue weighted by Gasteiger charge is -2.41. The first-order chi connectivity index (χ1) is 6.27. The minimum atomic E-state index is 0.842. The van der Waals surface area contributed by atoms with Gasteiger partial charge in [0, 0.05) is 12.6 Å². The largest absolute Gasteiger partial charge is 0.300 e. The van der Waals surface area contributed by atoms with Crippen LogP contribution in [0.4, 0.5) is 0 Å². The van der Waals surface area contributed by atoms with Crippen molar-refractivity contribution in [2.45, 2.75) is 52.0 Å². The lowest BCUT2D eigenvalue weighted by atomic mass is 9.83. The van der Waals surface area contributed by atoms with Gasteiger partial charge in [-0.2, -0.15) is 0 Å². The number of rotatable bonds is 2. The maximum Gasteiger partial charge on any atom is 0.00926 e. The molecule has 1 aliphatic carbocycles. The quantitative estimate of drug-likeness (QED) is 0.633. The Morgan fingerprint density at radius 2 is 1.85 bits per heavy atom. The van der Waals surface area contributed by atoms with Crippen molar-refractivity contribution in [3.63, 3.8) is 0 Å². The van der Waals surface area contributed by atoms with E-state index < -0.39 is 0 Å². The molecule has 2 atom stereocenters. The summed E-state index contributed by atoms with van der Waals surface area (Å²) < 4.78 is 0. The van der Waals surface area contributed by atoms with Gasteiger partial charge in [0.1, 0.15) is 0 Å². The lowest BCUT2D eigenvalue weighted by molar-refractivity contribution is 0.0771. The van der Waals surface area contributed by atoms with Crippen LogP contribution in [0.5, 0.6) is 0 Å². The average Bonchev–Trinajstić information content (AvgIpc) is 2.04. The highest BCUT2D eigenvalue weighted by Gasteiger charge is 2.28. The van der Waals surface area contributed by atoms with Crippen molar-refractivity contribution in [1.82, 2.24) is 4.90 Å². The zero-order valence-electron chi connectivity index (χ0n) is 9.13. The molecule has 0 bridgehead atoms. The maximum absolute atomic E-state index is 2.73. The van der Waals surface area contributed by atoms with Crippen LogP contribution in [0.3, 0.4) is 0 Å². The van der Waals surface area contributed by atoms with E-state index in [4.69, 9.17) is 0 Å². The van der Waals surface area contributed by atoms with Gasteiger partial charge in [-0.05, 0) is 51.0 Å². The van der Waals surface area contributed by atoms with Gasteiger partial charge in [-0.3, -0.25) is 0 Å².